The predicted octanol–water partition coefficient (Wildman–Crippen LogP) is 1.17. The fourth-order valence-corrected chi connectivity index (χ4v) is 4.78. The van der Waals surface area contributed by atoms with Gasteiger partial charge in [-0.25, -0.2) is 8.42 Å². The van der Waals surface area contributed by atoms with Crippen molar-refractivity contribution in [2.75, 3.05) is 26.8 Å². The van der Waals surface area contributed by atoms with Gasteiger partial charge in [0.2, 0.25) is 10.0 Å². The van der Waals surface area contributed by atoms with Crippen LogP contribution in [0.2, 0.25) is 0 Å². The fraction of sp³-hybridized carbons (Fsp3) is 0.364. The van der Waals surface area contributed by atoms with Crippen molar-refractivity contribution in [1.29, 1.82) is 0 Å². The van der Waals surface area contributed by atoms with Crippen molar-refractivity contribution in [2.24, 2.45) is 0 Å². The standard InChI is InChI=1S/C22H27N3O6S/c1-16-4-10-19(11-5-16)32(28,29)25-12-3-13-31-20(25)15-24-22(27)21(26)23-14-17-6-8-18(30-2)9-7-17/h4-11,20H,3,12-15H2,1-2H3,(H,23,26)(H,24,27)/t20-/m0/s1. The number of sulfonamides is 1. The lowest BCUT2D eigenvalue weighted by Crippen LogP contribution is -2.53. The molecule has 32 heavy (non-hydrogen) atoms. The summed E-state index contributed by atoms with van der Waals surface area (Å²) in [6.07, 6.45) is -0.355. The lowest BCUT2D eigenvalue weighted by molar-refractivity contribution is -0.140. The van der Waals surface area contributed by atoms with Crippen molar-refractivity contribution in [3.05, 3.63) is 59.7 Å². The molecule has 2 aromatic rings. The first-order valence-electron chi connectivity index (χ1n) is 10.2. The van der Waals surface area contributed by atoms with Crippen LogP contribution in [0.1, 0.15) is 17.5 Å². The van der Waals surface area contributed by atoms with Crippen LogP contribution in [-0.2, 0) is 30.9 Å². The number of ether oxygens (including phenoxy) is 2. The molecule has 0 spiro atoms. The molecule has 1 aliphatic rings. The van der Waals surface area contributed by atoms with Gasteiger partial charge < -0.3 is 20.1 Å². The molecule has 10 heteroatoms. The molecule has 172 valence electrons. The second-order valence-electron chi connectivity index (χ2n) is 7.35. The van der Waals surface area contributed by atoms with E-state index in [0.717, 1.165) is 11.1 Å². The number of nitrogens with one attached hydrogen (secondary N) is 2. The Labute approximate surface area is 187 Å². The summed E-state index contributed by atoms with van der Waals surface area (Å²) in [5.74, 6) is -0.986. The second-order valence-corrected chi connectivity index (χ2v) is 9.24. The maximum Gasteiger partial charge on any atom is 0.309 e. The predicted molar refractivity (Wildman–Crippen MR) is 117 cm³/mol. The number of carbonyl (C=O) groups excluding carboxylic acids is 2. The average molecular weight is 462 g/mol. The van der Waals surface area contributed by atoms with Crippen molar-refractivity contribution < 1.29 is 27.5 Å². The van der Waals surface area contributed by atoms with Crippen LogP contribution in [0.4, 0.5) is 0 Å². The molecule has 0 bridgehead atoms. The SMILES string of the molecule is COc1ccc(CNC(=O)C(=O)NC[C@@H]2OCCCN2S(=O)(=O)c2ccc(C)cc2)cc1. The van der Waals surface area contributed by atoms with Gasteiger partial charge in [0.25, 0.3) is 0 Å². The third kappa shape index (κ3) is 5.84. The molecule has 0 radical (unpaired) electrons. The largest absolute Gasteiger partial charge is 0.497 e. The summed E-state index contributed by atoms with van der Waals surface area (Å²) in [5, 5.41) is 5.00. The zero-order chi connectivity index (χ0) is 23.1. The molecule has 9 nitrogen and oxygen atoms in total. The van der Waals surface area contributed by atoms with Crippen LogP contribution in [0.15, 0.2) is 53.4 Å². The van der Waals surface area contributed by atoms with Crippen LogP contribution in [0, 0.1) is 6.92 Å². The third-order valence-corrected chi connectivity index (χ3v) is 6.94. The normalized spacial score (nSPS) is 16.9. The summed E-state index contributed by atoms with van der Waals surface area (Å²) in [4.78, 5) is 24.5. The van der Waals surface area contributed by atoms with Crippen LogP contribution in [-0.4, -0.2) is 57.6 Å². The van der Waals surface area contributed by atoms with Crippen molar-refractivity contribution in [3.63, 3.8) is 0 Å². The summed E-state index contributed by atoms with van der Waals surface area (Å²) in [6.45, 7) is 2.53. The summed E-state index contributed by atoms with van der Waals surface area (Å²) < 4.78 is 38.0. The topological polar surface area (TPSA) is 114 Å². The smallest absolute Gasteiger partial charge is 0.309 e. The van der Waals surface area contributed by atoms with E-state index in [9.17, 15) is 18.0 Å². The summed E-state index contributed by atoms with van der Waals surface area (Å²) in [5.41, 5.74) is 1.75. The summed E-state index contributed by atoms with van der Waals surface area (Å²) >= 11 is 0. The number of hydrogen-bond acceptors (Lipinski definition) is 6. The first kappa shape index (κ1) is 23.7. The van der Waals surface area contributed by atoms with E-state index < -0.39 is 28.1 Å². The quantitative estimate of drug-likeness (QED) is 0.599. The zero-order valence-electron chi connectivity index (χ0n) is 18.0. The van der Waals surface area contributed by atoms with Gasteiger partial charge >= 0.3 is 11.8 Å². The summed E-state index contributed by atoms with van der Waals surface area (Å²) in [7, 11) is -2.24. The van der Waals surface area contributed by atoms with Gasteiger partial charge in [-0.2, -0.15) is 4.31 Å². The first-order valence-corrected chi connectivity index (χ1v) is 11.6. The maximum absolute atomic E-state index is 13.0. The zero-order valence-corrected chi connectivity index (χ0v) is 18.9. The highest BCUT2D eigenvalue weighted by molar-refractivity contribution is 7.89. The molecule has 1 aliphatic heterocycles. The molecule has 0 aromatic heterocycles. The molecule has 1 atom stereocenters. The molecule has 1 fully saturated rings. The Kier molecular flexibility index (Phi) is 7.84. The van der Waals surface area contributed by atoms with Crippen LogP contribution < -0.4 is 15.4 Å². The van der Waals surface area contributed by atoms with Gasteiger partial charge in [0.05, 0.1) is 25.2 Å². The molecule has 2 aromatic carbocycles. The Morgan fingerprint density at radius 3 is 2.38 bits per heavy atom. The van der Waals surface area contributed by atoms with Gasteiger partial charge in [-0.05, 0) is 43.2 Å². The number of rotatable bonds is 7. The van der Waals surface area contributed by atoms with E-state index >= 15 is 0 Å². The minimum Gasteiger partial charge on any atom is -0.497 e. The Morgan fingerprint density at radius 1 is 1.06 bits per heavy atom. The van der Waals surface area contributed by atoms with Crippen LogP contribution in [0.25, 0.3) is 0 Å². The van der Waals surface area contributed by atoms with Crippen molar-refractivity contribution in [2.45, 2.75) is 31.0 Å². The van der Waals surface area contributed by atoms with Crippen molar-refractivity contribution >= 4 is 21.8 Å². The minimum absolute atomic E-state index is 0.139. The highest BCUT2D eigenvalue weighted by atomic mass is 32.2. The lowest BCUT2D eigenvalue weighted by Gasteiger charge is -2.34. The maximum atomic E-state index is 13.0. The van der Waals surface area contributed by atoms with Crippen LogP contribution in [0.5, 0.6) is 5.75 Å². The van der Waals surface area contributed by atoms with Gasteiger partial charge in [0, 0.05) is 13.1 Å². The second kappa shape index (κ2) is 10.6. The molecule has 1 saturated heterocycles. The van der Waals surface area contributed by atoms with Crippen molar-refractivity contribution in [3.8, 4) is 5.75 Å². The lowest BCUT2D eigenvalue weighted by atomic mass is 10.2. The first-order chi connectivity index (χ1) is 15.3. The molecule has 2 amide bonds. The molecule has 0 aliphatic carbocycles. The summed E-state index contributed by atoms with van der Waals surface area (Å²) in [6, 6.07) is 13.6. The number of nitrogens with zero attached hydrogens (tertiary/aromatic N) is 1. The molecule has 0 unspecified atom stereocenters. The molecular weight excluding hydrogens is 434 g/mol. The van der Waals surface area contributed by atoms with Gasteiger partial charge in [-0.1, -0.05) is 29.8 Å². The van der Waals surface area contributed by atoms with E-state index in [1.54, 1.807) is 55.6 Å². The van der Waals surface area contributed by atoms with E-state index in [2.05, 4.69) is 10.6 Å². The Balaban J connectivity index is 1.56. The Morgan fingerprint density at radius 2 is 1.72 bits per heavy atom. The highest BCUT2D eigenvalue weighted by Crippen LogP contribution is 2.22. The molecule has 2 N–H and O–H groups in total. The van der Waals surface area contributed by atoms with Crippen molar-refractivity contribution in [1.82, 2.24) is 14.9 Å². The van der Waals surface area contributed by atoms with E-state index in [0.29, 0.717) is 18.8 Å². The van der Waals surface area contributed by atoms with Crippen LogP contribution in [0.3, 0.4) is 0 Å². The van der Waals surface area contributed by atoms with Gasteiger partial charge in [-0.3, -0.25) is 9.59 Å². The molecular formula is C22H27N3O6S. The van der Waals surface area contributed by atoms with E-state index in [1.165, 1.54) is 4.31 Å². The molecule has 1 heterocycles. The fourth-order valence-electron chi connectivity index (χ4n) is 3.21. The highest BCUT2D eigenvalue weighted by Gasteiger charge is 2.34. The van der Waals surface area contributed by atoms with E-state index in [1.807, 2.05) is 6.92 Å². The monoisotopic (exact) mass is 461 g/mol. The number of amides is 2. The number of carbonyl (C=O) groups is 2. The minimum atomic E-state index is -3.80. The van der Waals surface area contributed by atoms with Gasteiger partial charge in [0.1, 0.15) is 12.0 Å². The Hall–Kier alpha value is -2.95. The number of methoxy groups -OCH3 is 1. The number of benzene rings is 2. The van der Waals surface area contributed by atoms with Crippen LogP contribution >= 0.6 is 0 Å². The molecule has 0 saturated carbocycles. The van der Waals surface area contributed by atoms with Gasteiger partial charge in [0.15, 0.2) is 0 Å². The number of aryl methyl sites for hydroxylation is 1. The average Bonchev–Trinajstić information content (AvgIpc) is 2.81. The van der Waals surface area contributed by atoms with Gasteiger partial charge in [-0.15, -0.1) is 0 Å². The van der Waals surface area contributed by atoms with E-state index in [4.69, 9.17) is 9.47 Å². The third-order valence-electron chi connectivity index (χ3n) is 5.04. The number of hydrogen-bond donors (Lipinski definition) is 2. The molecule has 3 rings (SSSR count). The Bertz CT molecular complexity index is 1040. The van der Waals surface area contributed by atoms with E-state index in [-0.39, 0.29) is 24.5 Å².